The van der Waals surface area contributed by atoms with Gasteiger partial charge < -0.3 is 5.32 Å². The molecule has 1 saturated heterocycles. The molecule has 2 aromatic rings. The summed E-state index contributed by atoms with van der Waals surface area (Å²) in [5.41, 5.74) is 10.3. The third kappa shape index (κ3) is 5.59. The van der Waals surface area contributed by atoms with E-state index < -0.39 is 0 Å². The molecule has 1 heterocycles. The highest BCUT2D eigenvalue weighted by atomic mass is 19.1. The van der Waals surface area contributed by atoms with Crippen LogP contribution < -0.4 is 16.2 Å². The Kier molecular flexibility index (Phi) is 6.96. The Balaban J connectivity index is 1.52. The van der Waals surface area contributed by atoms with Gasteiger partial charge in [-0.25, -0.2) is 9.82 Å². The maximum atomic E-state index is 13.2. The van der Waals surface area contributed by atoms with Crippen molar-refractivity contribution in [2.75, 3.05) is 20.1 Å². The smallest absolute Gasteiger partial charge is 0.123 e. The summed E-state index contributed by atoms with van der Waals surface area (Å²) in [5.74, 6) is 0.230. The zero-order chi connectivity index (χ0) is 19.2. The van der Waals surface area contributed by atoms with Crippen LogP contribution in [0.1, 0.15) is 36.6 Å². The molecule has 0 bridgehead atoms. The number of halogens is 1. The molecule has 3 N–H and O–H groups in total. The number of hydrazine groups is 1. The number of hydrogen-bond donors (Lipinski definition) is 3. The molecule has 2 aromatic carbocycles. The summed E-state index contributed by atoms with van der Waals surface area (Å²) in [6, 6.07) is 16.3. The zero-order valence-corrected chi connectivity index (χ0v) is 16.5. The van der Waals surface area contributed by atoms with Crippen LogP contribution in [0, 0.1) is 11.7 Å². The van der Waals surface area contributed by atoms with Crippen molar-refractivity contribution in [2.24, 2.45) is 5.92 Å². The number of rotatable bonds is 8. The Labute approximate surface area is 162 Å². The molecule has 2 unspecified atom stereocenters. The Morgan fingerprint density at radius 1 is 1.15 bits per heavy atom. The van der Waals surface area contributed by atoms with Crippen molar-refractivity contribution in [3.05, 3.63) is 71.0 Å². The fourth-order valence-electron chi connectivity index (χ4n) is 3.46. The Bertz CT molecular complexity index is 717. The molecule has 2 atom stereocenters. The number of nitrogens with zero attached hydrogens (tertiary/aromatic N) is 1. The monoisotopic (exact) mass is 370 g/mol. The van der Waals surface area contributed by atoms with Crippen LogP contribution in [0.2, 0.25) is 0 Å². The van der Waals surface area contributed by atoms with Gasteiger partial charge in [0.2, 0.25) is 0 Å². The molecule has 4 nitrogen and oxygen atoms in total. The normalized spacial score (nSPS) is 19.9. The van der Waals surface area contributed by atoms with E-state index in [0.717, 1.165) is 31.7 Å². The quantitative estimate of drug-likeness (QED) is 0.667. The molecule has 146 valence electrons. The zero-order valence-electron chi connectivity index (χ0n) is 16.5. The Hall–Kier alpha value is -1.79. The molecule has 3 rings (SSSR count). The molecule has 1 aliphatic heterocycles. The van der Waals surface area contributed by atoms with E-state index in [-0.39, 0.29) is 11.9 Å². The van der Waals surface area contributed by atoms with Gasteiger partial charge >= 0.3 is 0 Å². The molecule has 27 heavy (non-hydrogen) atoms. The van der Waals surface area contributed by atoms with Gasteiger partial charge in [0.05, 0.1) is 6.04 Å². The third-order valence-corrected chi connectivity index (χ3v) is 5.36. The van der Waals surface area contributed by atoms with E-state index in [0.29, 0.717) is 12.0 Å². The summed E-state index contributed by atoms with van der Waals surface area (Å²) in [6.45, 7) is 8.05. The molecule has 1 aliphatic rings. The topological polar surface area (TPSA) is 39.3 Å². The van der Waals surface area contributed by atoms with Crippen LogP contribution in [-0.2, 0) is 13.1 Å². The van der Waals surface area contributed by atoms with Crippen LogP contribution in [-0.4, -0.2) is 31.1 Å². The van der Waals surface area contributed by atoms with E-state index >= 15 is 0 Å². The summed E-state index contributed by atoms with van der Waals surface area (Å²) in [5, 5.41) is 3.59. The van der Waals surface area contributed by atoms with Crippen molar-refractivity contribution in [2.45, 2.75) is 39.0 Å². The van der Waals surface area contributed by atoms with Gasteiger partial charge in [0, 0.05) is 38.1 Å². The van der Waals surface area contributed by atoms with E-state index in [1.165, 1.54) is 23.3 Å². The number of nitrogens with one attached hydrogen (secondary N) is 3. The van der Waals surface area contributed by atoms with Gasteiger partial charge in [-0.3, -0.25) is 10.3 Å². The second-order valence-corrected chi connectivity index (χ2v) is 7.77. The molecule has 0 amide bonds. The van der Waals surface area contributed by atoms with Crippen LogP contribution in [0.15, 0.2) is 48.5 Å². The molecule has 0 aromatic heterocycles. The van der Waals surface area contributed by atoms with Crippen LogP contribution in [0.4, 0.5) is 4.39 Å². The summed E-state index contributed by atoms with van der Waals surface area (Å²) in [7, 11) is 2.16. The minimum atomic E-state index is -0.192. The maximum Gasteiger partial charge on any atom is 0.123 e. The van der Waals surface area contributed by atoms with Crippen LogP contribution >= 0.6 is 0 Å². The summed E-state index contributed by atoms with van der Waals surface area (Å²) >= 11 is 0. The average Bonchev–Trinajstić information content (AvgIpc) is 3.11. The molecule has 0 radical (unpaired) electrons. The molecule has 0 aliphatic carbocycles. The van der Waals surface area contributed by atoms with Gasteiger partial charge in [0.15, 0.2) is 0 Å². The third-order valence-electron chi connectivity index (χ3n) is 5.36. The molecular formula is C22H31FN4. The first-order valence-electron chi connectivity index (χ1n) is 9.75. The first-order valence-corrected chi connectivity index (χ1v) is 9.75. The fourth-order valence-corrected chi connectivity index (χ4v) is 3.46. The fraction of sp³-hybridized carbons (Fsp3) is 0.455. The van der Waals surface area contributed by atoms with Crippen molar-refractivity contribution < 1.29 is 4.39 Å². The largest absolute Gasteiger partial charge is 0.312 e. The van der Waals surface area contributed by atoms with Gasteiger partial charge in [-0.1, -0.05) is 36.4 Å². The van der Waals surface area contributed by atoms with Gasteiger partial charge in [-0.2, -0.15) is 0 Å². The van der Waals surface area contributed by atoms with Crippen molar-refractivity contribution in [1.29, 1.82) is 0 Å². The van der Waals surface area contributed by atoms with E-state index in [1.54, 1.807) is 0 Å². The second-order valence-electron chi connectivity index (χ2n) is 7.77. The number of hydrogen-bond acceptors (Lipinski definition) is 4. The van der Waals surface area contributed by atoms with Crippen molar-refractivity contribution in [3.63, 3.8) is 0 Å². The standard InChI is InChI=1S/C22H31FN4/c1-16(2)27(3)15-18-6-4-5-17(11-18)12-24-13-20-14-25-26-22(20)19-7-9-21(23)10-8-19/h4-11,16,20,22,24-26H,12-15H2,1-3H3. The lowest BCUT2D eigenvalue weighted by Gasteiger charge is -2.21. The van der Waals surface area contributed by atoms with Crippen molar-refractivity contribution in [3.8, 4) is 0 Å². The Morgan fingerprint density at radius 2 is 1.89 bits per heavy atom. The first kappa shape index (κ1) is 20.0. The number of benzene rings is 2. The molecule has 5 heteroatoms. The highest BCUT2D eigenvalue weighted by Crippen LogP contribution is 2.24. The molecule has 0 saturated carbocycles. The summed E-state index contributed by atoms with van der Waals surface area (Å²) in [6.07, 6.45) is 0. The van der Waals surface area contributed by atoms with Gasteiger partial charge in [0.25, 0.3) is 0 Å². The lowest BCUT2D eigenvalue weighted by atomic mass is 9.95. The van der Waals surface area contributed by atoms with Crippen LogP contribution in [0.3, 0.4) is 0 Å². The van der Waals surface area contributed by atoms with Crippen molar-refractivity contribution in [1.82, 2.24) is 21.1 Å². The van der Waals surface area contributed by atoms with Gasteiger partial charge in [-0.05, 0) is 49.7 Å². The van der Waals surface area contributed by atoms with E-state index in [2.05, 4.69) is 66.2 Å². The highest BCUT2D eigenvalue weighted by molar-refractivity contribution is 5.24. The lowest BCUT2D eigenvalue weighted by Crippen LogP contribution is -2.28. The lowest BCUT2D eigenvalue weighted by molar-refractivity contribution is 0.265. The Morgan fingerprint density at radius 3 is 2.63 bits per heavy atom. The summed E-state index contributed by atoms with van der Waals surface area (Å²) in [4.78, 5) is 2.34. The predicted molar refractivity (Wildman–Crippen MR) is 109 cm³/mol. The first-order chi connectivity index (χ1) is 13.0. The minimum absolute atomic E-state index is 0.192. The average molecular weight is 371 g/mol. The molecular weight excluding hydrogens is 339 g/mol. The van der Waals surface area contributed by atoms with E-state index in [1.807, 2.05) is 12.1 Å². The second kappa shape index (κ2) is 9.42. The minimum Gasteiger partial charge on any atom is -0.312 e. The van der Waals surface area contributed by atoms with E-state index in [4.69, 9.17) is 0 Å². The SMILES string of the molecule is CC(C)N(C)Cc1cccc(CNCC2CNNC2c2ccc(F)cc2)c1. The molecule has 1 fully saturated rings. The maximum absolute atomic E-state index is 13.2. The van der Waals surface area contributed by atoms with Gasteiger partial charge in [0.1, 0.15) is 5.82 Å². The van der Waals surface area contributed by atoms with E-state index in [9.17, 15) is 4.39 Å². The highest BCUT2D eigenvalue weighted by Gasteiger charge is 2.27. The summed E-state index contributed by atoms with van der Waals surface area (Å²) < 4.78 is 13.2. The predicted octanol–water partition coefficient (Wildman–Crippen LogP) is 3.22. The van der Waals surface area contributed by atoms with Crippen molar-refractivity contribution >= 4 is 0 Å². The van der Waals surface area contributed by atoms with Gasteiger partial charge in [-0.15, -0.1) is 0 Å². The van der Waals surface area contributed by atoms with Crippen LogP contribution in [0.5, 0.6) is 0 Å². The molecule has 0 spiro atoms. The van der Waals surface area contributed by atoms with Crippen LogP contribution in [0.25, 0.3) is 0 Å².